The lowest BCUT2D eigenvalue weighted by molar-refractivity contribution is 0.0296. The predicted molar refractivity (Wildman–Crippen MR) is 110 cm³/mol. The number of aliphatic hydroxyl groups excluding tert-OH is 1. The molecular weight excluding hydrogens is 396 g/mol. The van der Waals surface area contributed by atoms with Crippen molar-refractivity contribution < 1.29 is 27.8 Å². The van der Waals surface area contributed by atoms with Gasteiger partial charge >= 0.3 is 5.97 Å². The van der Waals surface area contributed by atoms with Gasteiger partial charge in [-0.3, -0.25) is 0 Å². The summed E-state index contributed by atoms with van der Waals surface area (Å²) >= 11 is 0. The minimum absolute atomic E-state index is 0.00174. The Morgan fingerprint density at radius 2 is 1.93 bits per heavy atom. The van der Waals surface area contributed by atoms with Crippen molar-refractivity contribution in [1.82, 2.24) is 0 Å². The number of unbranched alkanes of at least 4 members (excludes halogenated alkanes) is 1. The number of nitrogens with two attached hydrogens (primary N) is 1. The smallest absolute Gasteiger partial charge is 0.338 e. The second kappa shape index (κ2) is 10.2. The lowest BCUT2D eigenvalue weighted by Gasteiger charge is -2.18. The maximum Gasteiger partial charge on any atom is 0.338 e. The van der Waals surface area contributed by atoms with Gasteiger partial charge in [0.1, 0.15) is 17.3 Å². The molecule has 1 unspecified atom stereocenters. The number of sulfonamides is 1. The Hall–Kier alpha value is -2.62. The minimum atomic E-state index is -4.22. The summed E-state index contributed by atoms with van der Waals surface area (Å²) in [5, 5.41) is 17.8. The average Bonchev–Trinajstić information content (AvgIpc) is 2.67. The molecule has 0 saturated carbocycles. The van der Waals surface area contributed by atoms with E-state index in [1.807, 2.05) is 6.92 Å². The standard InChI is InChI=1S/C20H26N2O6S/c1-3-4-10-22-17-11-15(20(24)27-13-14(2)23)12-18(29(21,25)26)19(17)28-16-8-6-5-7-9-16/h5-9,11-12,14,22-23H,3-4,10,13H2,1-2H3,(H2,21,25,26). The third-order valence-corrected chi connectivity index (χ3v) is 4.78. The van der Waals surface area contributed by atoms with E-state index in [9.17, 15) is 18.3 Å². The molecule has 0 amide bonds. The molecule has 9 heteroatoms. The molecule has 0 aromatic heterocycles. The maximum absolute atomic E-state index is 12.3. The number of ether oxygens (including phenoxy) is 2. The van der Waals surface area contributed by atoms with Gasteiger partial charge in [0.2, 0.25) is 10.0 Å². The SMILES string of the molecule is CCCCNc1cc(C(=O)OCC(C)O)cc(S(N)(=O)=O)c1Oc1ccccc1. The van der Waals surface area contributed by atoms with Gasteiger partial charge in [-0.15, -0.1) is 0 Å². The Morgan fingerprint density at radius 1 is 1.24 bits per heavy atom. The fourth-order valence-corrected chi connectivity index (χ4v) is 3.16. The van der Waals surface area contributed by atoms with Crippen molar-refractivity contribution in [3.63, 3.8) is 0 Å². The van der Waals surface area contributed by atoms with Crippen molar-refractivity contribution in [2.24, 2.45) is 5.14 Å². The third-order valence-electron chi connectivity index (χ3n) is 3.86. The number of carbonyl (C=O) groups excluding carboxylic acids is 1. The van der Waals surface area contributed by atoms with E-state index in [2.05, 4.69) is 5.32 Å². The Morgan fingerprint density at radius 3 is 2.52 bits per heavy atom. The summed E-state index contributed by atoms with van der Waals surface area (Å²) in [7, 11) is -4.22. The van der Waals surface area contributed by atoms with E-state index in [0.717, 1.165) is 18.9 Å². The zero-order chi connectivity index (χ0) is 21.4. The van der Waals surface area contributed by atoms with Gasteiger partial charge < -0.3 is 19.9 Å². The third kappa shape index (κ3) is 6.74. The number of benzene rings is 2. The van der Waals surface area contributed by atoms with E-state index in [-0.39, 0.29) is 22.8 Å². The monoisotopic (exact) mass is 422 g/mol. The topological polar surface area (TPSA) is 128 Å². The van der Waals surface area contributed by atoms with Gasteiger partial charge in [0, 0.05) is 6.54 Å². The number of para-hydroxylation sites is 1. The number of rotatable bonds is 10. The first-order chi connectivity index (χ1) is 13.7. The predicted octanol–water partition coefficient (Wildman–Crippen LogP) is 2.88. The first-order valence-electron chi connectivity index (χ1n) is 9.25. The van der Waals surface area contributed by atoms with Gasteiger partial charge in [-0.2, -0.15) is 0 Å². The highest BCUT2D eigenvalue weighted by molar-refractivity contribution is 7.89. The number of esters is 1. The summed E-state index contributed by atoms with van der Waals surface area (Å²) in [6.07, 6.45) is 0.895. The molecule has 2 rings (SSSR count). The summed E-state index contributed by atoms with van der Waals surface area (Å²) < 4.78 is 35.3. The number of hydrogen-bond donors (Lipinski definition) is 3. The van der Waals surface area contributed by atoms with Crippen molar-refractivity contribution in [1.29, 1.82) is 0 Å². The normalized spacial score (nSPS) is 12.3. The van der Waals surface area contributed by atoms with Crippen LogP contribution in [0.1, 0.15) is 37.0 Å². The first kappa shape index (κ1) is 22.7. The first-order valence-corrected chi connectivity index (χ1v) is 10.8. The van der Waals surface area contributed by atoms with Crippen LogP contribution in [0.15, 0.2) is 47.4 Å². The molecule has 29 heavy (non-hydrogen) atoms. The van der Waals surface area contributed by atoms with Gasteiger partial charge in [-0.25, -0.2) is 18.4 Å². The van der Waals surface area contributed by atoms with Gasteiger partial charge in [0.25, 0.3) is 0 Å². The number of hydrogen-bond acceptors (Lipinski definition) is 7. The molecule has 0 aliphatic rings. The fraction of sp³-hybridized carbons (Fsp3) is 0.350. The lowest BCUT2D eigenvalue weighted by Crippen LogP contribution is -2.18. The summed E-state index contributed by atoms with van der Waals surface area (Å²) in [4.78, 5) is 12.0. The summed E-state index contributed by atoms with van der Waals surface area (Å²) in [6.45, 7) is 3.81. The van der Waals surface area contributed by atoms with Gasteiger partial charge in [0.15, 0.2) is 5.75 Å². The second-order valence-electron chi connectivity index (χ2n) is 6.54. The molecule has 0 saturated heterocycles. The van der Waals surface area contributed by atoms with Crippen molar-refractivity contribution in [3.8, 4) is 11.5 Å². The zero-order valence-corrected chi connectivity index (χ0v) is 17.2. The molecule has 0 heterocycles. The van der Waals surface area contributed by atoms with Crippen molar-refractivity contribution in [2.75, 3.05) is 18.5 Å². The molecule has 0 fully saturated rings. The van der Waals surface area contributed by atoms with Crippen LogP contribution in [-0.4, -0.2) is 38.7 Å². The van der Waals surface area contributed by atoms with Crippen LogP contribution < -0.4 is 15.2 Å². The largest absolute Gasteiger partial charge is 0.459 e. The van der Waals surface area contributed by atoms with E-state index < -0.39 is 22.1 Å². The highest BCUT2D eigenvalue weighted by atomic mass is 32.2. The number of anilines is 1. The molecule has 0 aliphatic heterocycles. The molecule has 158 valence electrons. The molecular formula is C20H26N2O6S. The maximum atomic E-state index is 12.3. The van der Waals surface area contributed by atoms with E-state index in [0.29, 0.717) is 18.0 Å². The van der Waals surface area contributed by atoms with Crippen LogP contribution in [0.3, 0.4) is 0 Å². The summed E-state index contributed by atoms with van der Waals surface area (Å²) in [5.74, 6) is -0.358. The summed E-state index contributed by atoms with van der Waals surface area (Å²) in [6, 6.07) is 11.2. The van der Waals surface area contributed by atoms with Crippen LogP contribution in [0.25, 0.3) is 0 Å². The molecule has 2 aromatic rings. The second-order valence-corrected chi connectivity index (χ2v) is 8.07. The number of aliphatic hydroxyl groups is 1. The minimum Gasteiger partial charge on any atom is -0.459 e. The Balaban J connectivity index is 2.53. The quantitative estimate of drug-likeness (QED) is 0.397. The van der Waals surface area contributed by atoms with Crippen LogP contribution in [0, 0.1) is 0 Å². The van der Waals surface area contributed by atoms with E-state index in [1.54, 1.807) is 30.3 Å². The van der Waals surface area contributed by atoms with Crippen LogP contribution in [0.2, 0.25) is 0 Å². The van der Waals surface area contributed by atoms with Gasteiger partial charge in [-0.05, 0) is 37.6 Å². The average molecular weight is 423 g/mol. The van der Waals surface area contributed by atoms with Crippen LogP contribution in [-0.2, 0) is 14.8 Å². The van der Waals surface area contributed by atoms with Crippen LogP contribution in [0.5, 0.6) is 11.5 Å². The molecule has 0 spiro atoms. The Labute approximate surface area is 170 Å². The Kier molecular flexibility index (Phi) is 8.00. The Bertz CT molecular complexity index is 929. The van der Waals surface area contributed by atoms with E-state index in [4.69, 9.17) is 14.6 Å². The molecule has 2 aromatic carbocycles. The van der Waals surface area contributed by atoms with E-state index in [1.165, 1.54) is 13.0 Å². The van der Waals surface area contributed by atoms with Gasteiger partial charge in [0.05, 0.1) is 17.4 Å². The molecule has 8 nitrogen and oxygen atoms in total. The molecule has 0 radical (unpaired) electrons. The highest BCUT2D eigenvalue weighted by Crippen LogP contribution is 2.37. The van der Waals surface area contributed by atoms with Crippen molar-refractivity contribution in [2.45, 2.75) is 37.7 Å². The lowest BCUT2D eigenvalue weighted by atomic mass is 10.1. The molecule has 0 bridgehead atoms. The fourth-order valence-electron chi connectivity index (χ4n) is 2.45. The van der Waals surface area contributed by atoms with Crippen molar-refractivity contribution in [3.05, 3.63) is 48.0 Å². The molecule has 0 aliphatic carbocycles. The number of primary sulfonamides is 1. The van der Waals surface area contributed by atoms with Gasteiger partial charge in [-0.1, -0.05) is 31.5 Å². The van der Waals surface area contributed by atoms with E-state index >= 15 is 0 Å². The highest BCUT2D eigenvalue weighted by Gasteiger charge is 2.24. The summed E-state index contributed by atoms with van der Waals surface area (Å²) in [5.41, 5.74) is 0.284. The van der Waals surface area contributed by atoms with Crippen LogP contribution in [0.4, 0.5) is 5.69 Å². The molecule has 1 atom stereocenters. The van der Waals surface area contributed by atoms with Crippen LogP contribution >= 0.6 is 0 Å². The number of carbonyl (C=O) groups is 1. The zero-order valence-electron chi connectivity index (χ0n) is 16.4. The van der Waals surface area contributed by atoms with Crippen molar-refractivity contribution >= 4 is 21.7 Å². The molecule has 4 N–H and O–H groups in total. The number of nitrogens with one attached hydrogen (secondary N) is 1.